The van der Waals surface area contributed by atoms with Gasteiger partial charge in [0.1, 0.15) is 0 Å². The van der Waals surface area contributed by atoms with Crippen LogP contribution >= 0.6 is 0 Å². The number of alkyl halides is 3. The van der Waals surface area contributed by atoms with Crippen molar-refractivity contribution in [2.75, 3.05) is 13.1 Å². The number of nitrogens with zero attached hydrogens (tertiary/aromatic N) is 1. The van der Waals surface area contributed by atoms with Crippen LogP contribution in [0.25, 0.3) is 0 Å². The monoisotopic (exact) mass is 152 g/mol. The molecular weight excluding hydrogens is 147 g/mol. The molecule has 0 spiro atoms. The van der Waals surface area contributed by atoms with E-state index in [1.807, 2.05) is 0 Å². The fourth-order valence-electron chi connectivity index (χ4n) is 0.760. The van der Waals surface area contributed by atoms with Crippen LogP contribution in [0.2, 0.25) is 0 Å². The van der Waals surface area contributed by atoms with Crippen LogP contribution in [0.3, 0.4) is 0 Å². The summed E-state index contributed by atoms with van der Waals surface area (Å²) in [6.07, 6.45) is -2.76. The quantitative estimate of drug-likeness (QED) is 0.537. The highest BCUT2D eigenvalue weighted by Crippen LogP contribution is 2.32. The summed E-state index contributed by atoms with van der Waals surface area (Å²) in [6.45, 7) is -0.458. The summed E-state index contributed by atoms with van der Waals surface area (Å²) in [4.78, 5) is 10.7. The van der Waals surface area contributed by atoms with E-state index in [0.29, 0.717) is 0 Å². The Balaban J connectivity index is 2.32. The van der Waals surface area contributed by atoms with Gasteiger partial charge in [-0.1, -0.05) is 0 Å². The Labute approximate surface area is 55.6 Å². The Kier molecular flexibility index (Phi) is 1.58. The number of rotatable bonds is 1. The molecule has 2 nitrogen and oxygen atoms in total. The first-order chi connectivity index (χ1) is 4.54. The van der Waals surface area contributed by atoms with Gasteiger partial charge in [0.25, 0.3) is 0 Å². The highest BCUT2D eigenvalue weighted by molar-refractivity contribution is 5.49. The lowest BCUT2D eigenvalue weighted by Crippen LogP contribution is -2.52. The molecule has 0 atom stereocenters. The van der Waals surface area contributed by atoms with Crippen molar-refractivity contribution in [2.45, 2.75) is 6.18 Å². The van der Waals surface area contributed by atoms with Crippen molar-refractivity contribution in [3.63, 3.8) is 0 Å². The molecule has 1 aliphatic rings. The lowest BCUT2D eigenvalue weighted by molar-refractivity contribution is -0.200. The molecule has 1 heterocycles. The van der Waals surface area contributed by atoms with Gasteiger partial charge in [-0.25, -0.2) is 0 Å². The van der Waals surface area contributed by atoms with Crippen LogP contribution in [0.1, 0.15) is 0 Å². The third kappa shape index (κ3) is 1.22. The fourth-order valence-corrected chi connectivity index (χ4v) is 0.760. The Morgan fingerprint density at radius 1 is 1.40 bits per heavy atom. The van der Waals surface area contributed by atoms with Gasteiger partial charge in [0.05, 0.1) is 5.92 Å². The second kappa shape index (κ2) is 2.14. The fraction of sp³-hybridized carbons (Fsp3) is 0.800. The third-order valence-corrected chi connectivity index (χ3v) is 1.47. The SMILES string of the molecule is O=[C]N1CC(C(F)(F)F)C1. The number of likely N-dealkylation sites (tertiary alicyclic amines) is 1. The van der Waals surface area contributed by atoms with E-state index in [9.17, 15) is 18.0 Å². The zero-order chi connectivity index (χ0) is 7.78. The van der Waals surface area contributed by atoms with E-state index in [-0.39, 0.29) is 13.1 Å². The lowest BCUT2D eigenvalue weighted by Gasteiger charge is -2.36. The summed E-state index contributed by atoms with van der Waals surface area (Å²) in [7, 11) is 0. The molecule has 57 valence electrons. The van der Waals surface area contributed by atoms with E-state index in [2.05, 4.69) is 0 Å². The normalized spacial score (nSPS) is 20.5. The second-order valence-electron chi connectivity index (χ2n) is 2.23. The van der Waals surface area contributed by atoms with E-state index >= 15 is 0 Å². The molecule has 0 aromatic carbocycles. The number of amides is 1. The molecule has 5 heteroatoms. The van der Waals surface area contributed by atoms with E-state index < -0.39 is 12.1 Å². The molecule has 0 saturated carbocycles. The van der Waals surface area contributed by atoms with Crippen molar-refractivity contribution in [1.82, 2.24) is 4.90 Å². The Morgan fingerprint density at radius 2 is 1.90 bits per heavy atom. The molecule has 0 unspecified atom stereocenters. The van der Waals surface area contributed by atoms with Gasteiger partial charge in [-0.2, -0.15) is 13.2 Å². The number of hydrogen-bond acceptors (Lipinski definition) is 1. The molecule has 1 radical (unpaired) electrons. The van der Waals surface area contributed by atoms with Gasteiger partial charge in [-0.05, 0) is 0 Å². The Hall–Kier alpha value is -0.740. The lowest BCUT2D eigenvalue weighted by atomic mass is 10.0. The average Bonchev–Trinajstić information content (AvgIpc) is 1.57. The van der Waals surface area contributed by atoms with Crippen LogP contribution in [-0.4, -0.2) is 30.6 Å². The van der Waals surface area contributed by atoms with Gasteiger partial charge in [0.2, 0.25) is 0 Å². The molecule has 0 aromatic heterocycles. The molecule has 10 heavy (non-hydrogen) atoms. The van der Waals surface area contributed by atoms with E-state index in [0.717, 1.165) is 4.90 Å². The summed E-state index contributed by atoms with van der Waals surface area (Å²) in [5.74, 6) is -1.33. The highest BCUT2D eigenvalue weighted by atomic mass is 19.4. The van der Waals surface area contributed by atoms with E-state index in [4.69, 9.17) is 0 Å². The minimum atomic E-state index is -4.15. The van der Waals surface area contributed by atoms with Crippen molar-refractivity contribution >= 4 is 6.41 Å². The minimum Gasteiger partial charge on any atom is -0.333 e. The topological polar surface area (TPSA) is 20.3 Å². The predicted molar refractivity (Wildman–Crippen MR) is 26.8 cm³/mol. The molecule has 0 aliphatic carbocycles. The average molecular weight is 152 g/mol. The summed E-state index contributed by atoms with van der Waals surface area (Å²) in [6, 6.07) is 0. The number of hydrogen-bond donors (Lipinski definition) is 0. The largest absolute Gasteiger partial charge is 0.395 e. The zero-order valence-corrected chi connectivity index (χ0v) is 4.98. The van der Waals surface area contributed by atoms with Gasteiger partial charge in [0.15, 0.2) is 0 Å². The molecule has 1 fully saturated rings. The van der Waals surface area contributed by atoms with Crippen molar-refractivity contribution in [1.29, 1.82) is 0 Å². The van der Waals surface area contributed by atoms with Crippen molar-refractivity contribution < 1.29 is 18.0 Å². The van der Waals surface area contributed by atoms with Crippen molar-refractivity contribution in [2.24, 2.45) is 5.92 Å². The maximum absolute atomic E-state index is 11.7. The first-order valence-electron chi connectivity index (χ1n) is 2.73. The van der Waals surface area contributed by atoms with Crippen molar-refractivity contribution in [3.8, 4) is 0 Å². The van der Waals surface area contributed by atoms with Crippen LogP contribution in [0.15, 0.2) is 0 Å². The standard InChI is InChI=1S/C5H5F3NO/c6-5(7,8)4-1-9(2-4)3-10/h4H,1-2H2. The maximum Gasteiger partial charge on any atom is 0.395 e. The molecule has 0 bridgehead atoms. The molecule has 1 saturated heterocycles. The Morgan fingerprint density at radius 3 is 2.20 bits per heavy atom. The van der Waals surface area contributed by atoms with Crippen LogP contribution in [-0.2, 0) is 4.79 Å². The van der Waals surface area contributed by atoms with Crippen LogP contribution in [0.4, 0.5) is 13.2 Å². The minimum absolute atomic E-state index is 0.229. The van der Waals surface area contributed by atoms with Gasteiger partial charge in [0, 0.05) is 13.1 Å². The number of halogens is 3. The zero-order valence-electron chi connectivity index (χ0n) is 4.98. The third-order valence-electron chi connectivity index (χ3n) is 1.47. The van der Waals surface area contributed by atoms with E-state index in [1.54, 1.807) is 0 Å². The molecule has 1 aliphatic heterocycles. The molecule has 0 aromatic rings. The summed E-state index contributed by atoms with van der Waals surface area (Å²) < 4.78 is 35.0. The van der Waals surface area contributed by atoms with Gasteiger partial charge in [-0.15, -0.1) is 0 Å². The maximum atomic E-state index is 11.7. The number of carbonyl (C=O) groups excluding carboxylic acids is 1. The first-order valence-corrected chi connectivity index (χ1v) is 2.73. The highest BCUT2D eigenvalue weighted by Gasteiger charge is 2.46. The van der Waals surface area contributed by atoms with Crippen LogP contribution < -0.4 is 0 Å². The van der Waals surface area contributed by atoms with Gasteiger partial charge in [-0.3, -0.25) is 4.79 Å². The molecular formula is C5H5F3NO. The smallest absolute Gasteiger partial charge is 0.333 e. The molecule has 1 rings (SSSR count). The van der Waals surface area contributed by atoms with Gasteiger partial charge >= 0.3 is 12.6 Å². The Bertz CT molecular complexity index is 138. The van der Waals surface area contributed by atoms with Crippen LogP contribution in [0, 0.1) is 5.92 Å². The second-order valence-corrected chi connectivity index (χ2v) is 2.23. The molecule has 0 N–H and O–H groups in total. The molecule has 1 amide bonds. The predicted octanol–water partition coefficient (Wildman–Crippen LogP) is 0.548. The van der Waals surface area contributed by atoms with Gasteiger partial charge < -0.3 is 4.90 Å². The summed E-state index contributed by atoms with van der Waals surface area (Å²) >= 11 is 0. The van der Waals surface area contributed by atoms with Crippen molar-refractivity contribution in [3.05, 3.63) is 0 Å². The van der Waals surface area contributed by atoms with Crippen LogP contribution in [0.5, 0.6) is 0 Å². The summed E-state index contributed by atoms with van der Waals surface area (Å²) in [5, 5.41) is 0. The summed E-state index contributed by atoms with van der Waals surface area (Å²) in [5.41, 5.74) is 0. The van der Waals surface area contributed by atoms with E-state index in [1.165, 1.54) is 6.41 Å². The first kappa shape index (κ1) is 7.37.